The van der Waals surface area contributed by atoms with Gasteiger partial charge in [-0.25, -0.2) is 8.42 Å². The molecule has 12 heavy (non-hydrogen) atoms. The van der Waals surface area contributed by atoms with Crippen molar-refractivity contribution >= 4 is 19.7 Å². The Balaban J connectivity index is 3.94. The fraction of sp³-hybridized carbons (Fsp3) is 0.750. The van der Waals surface area contributed by atoms with Crippen molar-refractivity contribution in [1.82, 2.24) is 0 Å². The third-order valence-electron chi connectivity index (χ3n) is 1.72. The van der Waals surface area contributed by atoms with Crippen LogP contribution in [0.5, 0.6) is 0 Å². The SMILES string of the molecule is C=CC(CCCCC)S(=O)(=O)Cl. The van der Waals surface area contributed by atoms with Crippen molar-refractivity contribution in [2.45, 2.75) is 37.9 Å². The van der Waals surface area contributed by atoms with Gasteiger partial charge < -0.3 is 0 Å². The van der Waals surface area contributed by atoms with Gasteiger partial charge >= 0.3 is 0 Å². The van der Waals surface area contributed by atoms with Crippen molar-refractivity contribution in [3.63, 3.8) is 0 Å². The second-order valence-corrected chi connectivity index (χ2v) is 5.59. The summed E-state index contributed by atoms with van der Waals surface area (Å²) in [6.07, 6.45) is 4.99. The van der Waals surface area contributed by atoms with E-state index in [-0.39, 0.29) is 0 Å². The molecule has 0 aromatic rings. The van der Waals surface area contributed by atoms with Crippen LogP contribution in [-0.2, 0) is 9.05 Å². The van der Waals surface area contributed by atoms with Gasteiger partial charge in [0.2, 0.25) is 9.05 Å². The van der Waals surface area contributed by atoms with Crippen LogP contribution >= 0.6 is 10.7 Å². The second-order valence-electron chi connectivity index (χ2n) is 2.75. The van der Waals surface area contributed by atoms with Crippen LogP contribution in [0.2, 0.25) is 0 Å². The minimum Gasteiger partial charge on any atom is -0.212 e. The quantitative estimate of drug-likeness (QED) is 0.384. The van der Waals surface area contributed by atoms with E-state index in [1.165, 1.54) is 6.08 Å². The lowest BCUT2D eigenvalue weighted by molar-refractivity contribution is 0.589. The highest BCUT2D eigenvalue weighted by atomic mass is 35.7. The second kappa shape index (κ2) is 5.60. The predicted molar refractivity (Wildman–Crippen MR) is 52.9 cm³/mol. The third kappa shape index (κ3) is 4.78. The molecule has 0 fully saturated rings. The summed E-state index contributed by atoms with van der Waals surface area (Å²) in [6.45, 7) is 5.51. The molecule has 0 aliphatic heterocycles. The number of halogens is 1. The normalized spacial score (nSPS) is 14.2. The van der Waals surface area contributed by atoms with Crippen molar-refractivity contribution in [2.24, 2.45) is 0 Å². The molecule has 72 valence electrons. The first kappa shape index (κ1) is 12.0. The molecular formula is C8H15ClO2S. The summed E-state index contributed by atoms with van der Waals surface area (Å²) in [4.78, 5) is 0. The molecule has 0 aliphatic carbocycles. The zero-order valence-corrected chi connectivity index (χ0v) is 8.87. The average molecular weight is 211 g/mol. The minimum atomic E-state index is -3.44. The molecule has 0 aromatic carbocycles. The summed E-state index contributed by atoms with van der Waals surface area (Å²) in [7, 11) is 1.74. The molecule has 0 bridgehead atoms. The van der Waals surface area contributed by atoms with Crippen LogP contribution in [0, 0.1) is 0 Å². The molecule has 1 atom stereocenters. The van der Waals surface area contributed by atoms with E-state index >= 15 is 0 Å². The molecular weight excluding hydrogens is 196 g/mol. The van der Waals surface area contributed by atoms with Gasteiger partial charge in [0.1, 0.15) is 0 Å². The Kier molecular flexibility index (Phi) is 5.59. The average Bonchev–Trinajstić information content (AvgIpc) is 1.95. The molecule has 0 heterocycles. The van der Waals surface area contributed by atoms with Crippen molar-refractivity contribution < 1.29 is 8.42 Å². The summed E-state index contributed by atoms with van der Waals surface area (Å²) in [5.41, 5.74) is 0. The molecule has 1 unspecified atom stereocenters. The van der Waals surface area contributed by atoms with Crippen LogP contribution < -0.4 is 0 Å². The lowest BCUT2D eigenvalue weighted by Gasteiger charge is -2.06. The van der Waals surface area contributed by atoms with E-state index in [1.54, 1.807) is 0 Å². The van der Waals surface area contributed by atoms with E-state index in [1.807, 2.05) is 0 Å². The van der Waals surface area contributed by atoms with E-state index < -0.39 is 14.3 Å². The Labute approximate surface area is 79.0 Å². The lowest BCUT2D eigenvalue weighted by Crippen LogP contribution is -2.12. The van der Waals surface area contributed by atoms with Gasteiger partial charge in [-0.2, -0.15) is 0 Å². The zero-order chi connectivity index (χ0) is 9.61. The van der Waals surface area contributed by atoms with Gasteiger partial charge in [-0.1, -0.05) is 32.3 Å². The maximum Gasteiger partial charge on any atom is 0.239 e. The number of rotatable bonds is 6. The van der Waals surface area contributed by atoms with Gasteiger partial charge in [0.15, 0.2) is 0 Å². The monoisotopic (exact) mass is 210 g/mol. The van der Waals surface area contributed by atoms with Crippen molar-refractivity contribution in [3.8, 4) is 0 Å². The Morgan fingerprint density at radius 3 is 2.42 bits per heavy atom. The largest absolute Gasteiger partial charge is 0.239 e. The van der Waals surface area contributed by atoms with Gasteiger partial charge in [0, 0.05) is 10.7 Å². The fourth-order valence-corrected chi connectivity index (χ4v) is 2.13. The molecule has 0 saturated carbocycles. The van der Waals surface area contributed by atoms with E-state index in [9.17, 15) is 8.42 Å². The Morgan fingerprint density at radius 1 is 1.50 bits per heavy atom. The minimum absolute atomic E-state index is 0.578. The Morgan fingerprint density at radius 2 is 2.08 bits per heavy atom. The van der Waals surface area contributed by atoms with Crippen LogP contribution in [0.15, 0.2) is 12.7 Å². The lowest BCUT2D eigenvalue weighted by atomic mass is 10.1. The molecule has 0 radical (unpaired) electrons. The fourth-order valence-electron chi connectivity index (χ4n) is 0.969. The molecule has 0 N–H and O–H groups in total. The summed E-state index contributed by atoms with van der Waals surface area (Å²) in [6, 6.07) is 0. The summed E-state index contributed by atoms with van der Waals surface area (Å²) < 4.78 is 21.7. The Hall–Kier alpha value is -0.0200. The van der Waals surface area contributed by atoms with Gasteiger partial charge in [-0.3, -0.25) is 0 Å². The predicted octanol–water partition coefficient (Wildman–Crippen LogP) is 2.69. The van der Waals surface area contributed by atoms with E-state index in [0.717, 1.165) is 19.3 Å². The van der Waals surface area contributed by atoms with E-state index in [4.69, 9.17) is 10.7 Å². The van der Waals surface area contributed by atoms with Crippen molar-refractivity contribution in [1.29, 1.82) is 0 Å². The maximum absolute atomic E-state index is 10.9. The van der Waals surface area contributed by atoms with Crippen molar-refractivity contribution in [2.75, 3.05) is 0 Å². The van der Waals surface area contributed by atoms with Crippen LogP contribution in [0.1, 0.15) is 32.6 Å². The first-order valence-corrected chi connectivity index (χ1v) is 6.45. The molecule has 0 saturated heterocycles. The standard InChI is InChI=1S/C8H15ClO2S/c1-3-5-6-7-8(4-2)12(9,10)11/h4,8H,2-3,5-7H2,1H3. The molecule has 4 heteroatoms. The highest BCUT2D eigenvalue weighted by Crippen LogP contribution is 2.15. The van der Waals surface area contributed by atoms with E-state index in [2.05, 4.69) is 13.5 Å². The van der Waals surface area contributed by atoms with Crippen LogP contribution in [0.3, 0.4) is 0 Å². The summed E-state index contributed by atoms with van der Waals surface area (Å²) >= 11 is 0. The van der Waals surface area contributed by atoms with Gasteiger partial charge in [-0.15, -0.1) is 6.58 Å². The van der Waals surface area contributed by atoms with Gasteiger partial charge in [0.05, 0.1) is 5.25 Å². The summed E-state index contributed by atoms with van der Waals surface area (Å²) in [5, 5.41) is -0.578. The van der Waals surface area contributed by atoms with Crippen LogP contribution in [-0.4, -0.2) is 13.7 Å². The summed E-state index contributed by atoms with van der Waals surface area (Å²) in [5.74, 6) is 0. The number of hydrogen-bond acceptors (Lipinski definition) is 2. The molecule has 0 rings (SSSR count). The van der Waals surface area contributed by atoms with Crippen molar-refractivity contribution in [3.05, 3.63) is 12.7 Å². The number of unbranched alkanes of at least 4 members (excludes halogenated alkanes) is 2. The highest BCUT2D eigenvalue weighted by Gasteiger charge is 2.18. The van der Waals surface area contributed by atoms with Gasteiger partial charge in [0.25, 0.3) is 0 Å². The number of hydrogen-bond donors (Lipinski definition) is 0. The Bertz CT molecular complexity index is 221. The molecule has 0 spiro atoms. The maximum atomic E-state index is 10.9. The van der Waals surface area contributed by atoms with E-state index in [0.29, 0.717) is 6.42 Å². The topological polar surface area (TPSA) is 34.1 Å². The van der Waals surface area contributed by atoms with Gasteiger partial charge in [-0.05, 0) is 6.42 Å². The molecule has 2 nitrogen and oxygen atoms in total. The molecule has 0 amide bonds. The van der Waals surface area contributed by atoms with Crippen LogP contribution in [0.4, 0.5) is 0 Å². The smallest absolute Gasteiger partial charge is 0.212 e. The first-order chi connectivity index (χ1) is 5.52. The molecule has 0 aliphatic rings. The zero-order valence-electron chi connectivity index (χ0n) is 7.29. The van der Waals surface area contributed by atoms with Crippen LogP contribution in [0.25, 0.3) is 0 Å². The molecule has 0 aromatic heterocycles. The highest BCUT2D eigenvalue weighted by molar-refractivity contribution is 8.14. The first-order valence-electron chi connectivity index (χ1n) is 4.08. The third-order valence-corrected chi connectivity index (χ3v) is 3.55.